The largest absolute Gasteiger partial charge is 0.492 e. The molecule has 0 atom stereocenters. The number of hydrogen-bond donors (Lipinski definition) is 1. The average Bonchev–Trinajstić information content (AvgIpc) is 2.62. The summed E-state index contributed by atoms with van der Waals surface area (Å²) in [4.78, 5) is 12.4. The monoisotopic (exact) mass is 468 g/mol. The average molecular weight is 470 g/mol. The number of rotatable bonds is 6. The van der Waals surface area contributed by atoms with Gasteiger partial charge in [0.15, 0.2) is 11.5 Å². The van der Waals surface area contributed by atoms with Crippen LogP contribution >= 0.6 is 39.1 Å². The highest BCUT2D eigenvalue weighted by atomic mass is 79.9. The summed E-state index contributed by atoms with van der Waals surface area (Å²) < 4.78 is 11.5. The summed E-state index contributed by atoms with van der Waals surface area (Å²) in [5, 5.41) is 12.7. The number of benzene rings is 2. The molecule has 0 saturated carbocycles. The van der Waals surface area contributed by atoms with Crippen molar-refractivity contribution in [2.45, 2.75) is 6.92 Å². The van der Waals surface area contributed by atoms with Crippen molar-refractivity contribution in [3.8, 4) is 17.6 Å². The molecule has 1 amide bonds. The zero-order valence-electron chi connectivity index (χ0n) is 14.5. The molecule has 0 bridgehead atoms. The number of ether oxygens (including phenoxy) is 2. The minimum Gasteiger partial charge on any atom is -0.492 e. The van der Waals surface area contributed by atoms with Gasteiger partial charge in [-0.05, 0) is 64.8 Å². The first-order chi connectivity index (χ1) is 12.9. The molecule has 140 valence electrons. The van der Waals surface area contributed by atoms with Gasteiger partial charge >= 0.3 is 0 Å². The van der Waals surface area contributed by atoms with Crippen molar-refractivity contribution in [1.29, 1.82) is 5.26 Å². The van der Waals surface area contributed by atoms with Gasteiger partial charge in [0.2, 0.25) is 0 Å². The van der Waals surface area contributed by atoms with Crippen LogP contribution in [0, 0.1) is 11.3 Å². The lowest BCUT2D eigenvalue weighted by Crippen LogP contribution is -2.13. The third-order valence-corrected chi connectivity index (χ3v) is 4.53. The van der Waals surface area contributed by atoms with Crippen molar-refractivity contribution in [3.05, 3.63) is 56.0 Å². The molecule has 0 aliphatic heterocycles. The Balaban J connectivity index is 2.34. The Labute approximate surface area is 175 Å². The second kappa shape index (κ2) is 9.65. The molecule has 8 heteroatoms. The van der Waals surface area contributed by atoms with Crippen LogP contribution in [-0.2, 0) is 4.79 Å². The Morgan fingerprint density at radius 1 is 1.33 bits per heavy atom. The van der Waals surface area contributed by atoms with Crippen LogP contribution in [0.5, 0.6) is 11.5 Å². The molecular weight excluding hydrogens is 455 g/mol. The number of amides is 1. The molecule has 0 unspecified atom stereocenters. The first kappa shape index (κ1) is 21.1. The van der Waals surface area contributed by atoms with Crippen LogP contribution in [0.3, 0.4) is 0 Å². The number of hydrogen-bond acceptors (Lipinski definition) is 4. The van der Waals surface area contributed by atoms with E-state index in [0.29, 0.717) is 38.9 Å². The van der Waals surface area contributed by atoms with E-state index in [2.05, 4.69) is 21.2 Å². The summed E-state index contributed by atoms with van der Waals surface area (Å²) in [5.41, 5.74) is 0.860. The molecular formula is C19H15BrCl2N2O3. The molecule has 0 heterocycles. The smallest absolute Gasteiger partial charge is 0.266 e. The number of anilines is 1. The Kier molecular flexibility index (Phi) is 7.55. The van der Waals surface area contributed by atoms with E-state index in [1.54, 1.807) is 24.3 Å². The van der Waals surface area contributed by atoms with E-state index in [-0.39, 0.29) is 10.6 Å². The molecule has 2 aromatic carbocycles. The number of halogens is 3. The lowest BCUT2D eigenvalue weighted by atomic mass is 10.1. The highest BCUT2D eigenvalue weighted by Gasteiger charge is 2.14. The summed E-state index contributed by atoms with van der Waals surface area (Å²) in [5.74, 6) is 0.440. The summed E-state index contributed by atoms with van der Waals surface area (Å²) in [7, 11) is 1.53. The van der Waals surface area contributed by atoms with E-state index in [1.807, 2.05) is 13.0 Å². The number of nitrogens with one attached hydrogen (secondary N) is 1. The number of carbonyl (C=O) groups is 1. The normalized spacial score (nSPS) is 10.9. The maximum Gasteiger partial charge on any atom is 0.266 e. The van der Waals surface area contributed by atoms with Crippen LogP contribution in [0.25, 0.3) is 6.08 Å². The summed E-state index contributed by atoms with van der Waals surface area (Å²) in [6.45, 7) is 2.29. The van der Waals surface area contributed by atoms with E-state index in [1.165, 1.54) is 19.3 Å². The fraction of sp³-hybridized carbons (Fsp3) is 0.158. The van der Waals surface area contributed by atoms with Gasteiger partial charge in [-0.1, -0.05) is 23.2 Å². The van der Waals surface area contributed by atoms with Crippen molar-refractivity contribution in [2.24, 2.45) is 0 Å². The zero-order chi connectivity index (χ0) is 20.0. The number of nitrogens with zero attached hydrogens (tertiary/aromatic N) is 1. The fourth-order valence-corrected chi connectivity index (χ4v) is 3.31. The van der Waals surface area contributed by atoms with Gasteiger partial charge in [0.1, 0.15) is 11.6 Å². The molecule has 1 N–H and O–H groups in total. The van der Waals surface area contributed by atoms with Gasteiger partial charge in [-0.3, -0.25) is 4.79 Å². The first-order valence-electron chi connectivity index (χ1n) is 7.78. The van der Waals surface area contributed by atoms with Crippen molar-refractivity contribution in [2.75, 3.05) is 19.0 Å². The third kappa shape index (κ3) is 5.39. The predicted molar refractivity (Wildman–Crippen MR) is 111 cm³/mol. The lowest BCUT2D eigenvalue weighted by molar-refractivity contribution is -0.112. The highest BCUT2D eigenvalue weighted by Crippen LogP contribution is 2.37. The molecule has 0 aromatic heterocycles. The molecule has 0 spiro atoms. The van der Waals surface area contributed by atoms with Crippen LogP contribution in [0.1, 0.15) is 12.5 Å². The minimum absolute atomic E-state index is 0.0967. The standard InChI is InChI=1S/C19H15BrCl2N2O3/c1-3-27-17-8-11(7-14(20)18(17)26-2)6-12(10-23)19(25)24-16-5-4-13(21)9-15(16)22/h4-9H,3H2,1-2H3,(H,24,25)/b12-6+. The van der Waals surface area contributed by atoms with Gasteiger partial charge in [0, 0.05) is 5.02 Å². The molecule has 27 heavy (non-hydrogen) atoms. The van der Waals surface area contributed by atoms with E-state index < -0.39 is 5.91 Å². The Morgan fingerprint density at radius 3 is 2.67 bits per heavy atom. The first-order valence-corrected chi connectivity index (χ1v) is 9.33. The summed E-state index contributed by atoms with van der Waals surface area (Å²) in [6, 6.07) is 9.96. The maximum atomic E-state index is 12.4. The molecule has 0 radical (unpaired) electrons. The minimum atomic E-state index is -0.591. The van der Waals surface area contributed by atoms with Crippen molar-refractivity contribution in [3.63, 3.8) is 0 Å². The summed E-state index contributed by atoms with van der Waals surface area (Å²) in [6.07, 6.45) is 1.45. The van der Waals surface area contributed by atoms with Gasteiger partial charge < -0.3 is 14.8 Å². The van der Waals surface area contributed by atoms with Gasteiger partial charge in [0.25, 0.3) is 5.91 Å². The maximum absolute atomic E-state index is 12.4. The quantitative estimate of drug-likeness (QED) is 0.434. The van der Waals surface area contributed by atoms with Crippen molar-refractivity contribution >= 4 is 56.8 Å². The Bertz CT molecular complexity index is 939. The van der Waals surface area contributed by atoms with Crippen LogP contribution in [0.4, 0.5) is 5.69 Å². The molecule has 0 saturated heterocycles. The number of carbonyl (C=O) groups excluding carboxylic acids is 1. The summed E-state index contributed by atoms with van der Waals surface area (Å²) >= 11 is 15.3. The van der Waals surface area contributed by atoms with Gasteiger partial charge in [-0.25, -0.2) is 0 Å². The van der Waals surface area contributed by atoms with E-state index >= 15 is 0 Å². The second-order valence-electron chi connectivity index (χ2n) is 5.22. The lowest BCUT2D eigenvalue weighted by Gasteiger charge is -2.12. The van der Waals surface area contributed by atoms with Crippen LogP contribution in [-0.4, -0.2) is 19.6 Å². The molecule has 0 aliphatic carbocycles. The van der Waals surface area contributed by atoms with Crippen LogP contribution < -0.4 is 14.8 Å². The topological polar surface area (TPSA) is 71.3 Å². The molecule has 2 rings (SSSR count). The fourth-order valence-electron chi connectivity index (χ4n) is 2.23. The van der Waals surface area contributed by atoms with Gasteiger partial charge in [0.05, 0.1) is 28.9 Å². The van der Waals surface area contributed by atoms with E-state index in [9.17, 15) is 10.1 Å². The Morgan fingerprint density at radius 2 is 2.07 bits per heavy atom. The van der Waals surface area contributed by atoms with E-state index in [4.69, 9.17) is 32.7 Å². The second-order valence-corrected chi connectivity index (χ2v) is 6.91. The molecule has 2 aromatic rings. The number of nitriles is 1. The molecule has 0 fully saturated rings. The van der Waals surface area contributed by atoms with Crippen LogP contribution in [0.2, 0.25) is 10.0 Å². The SMILES string of the molecule is CCOc1cc(/C=C(\C#N)C(=O)Nc2ccc(Cl)cc2Cl)cc(Br)c1OC. The third-order valence-electron chi connectivity index (χ3n) is 3.39. The predicted octanol–water partition coefficient (Wildman–Crippen LogP) is 5.71. The highest BCUT2D eigenvalue weighted by molar-refractivity contribution is 9.10. The zero-order valence-corrected chi connectivity index (χ0v) is 17.6. The van der Waals surface area contributed by atoms with Gasteiger partial charge in [-0.2, -0.15) is 5.26 Å². The van der Waals surface area contributed by atoms with Gasteiger partial charge in [-0.15, -0.1) is 0 Å². The van der Waals surface area contributed by atoms with Crippen molar-refractivity contribution in [1.82, 2.24) is 0 Å². The molecule has 0 aliphatic rings. The van der Waals surface area contributed by atoms with Crippen LogP contribution in [0.15, 0.2) is 40.4 Å². The van der Waals surface area contributed by atoms with Crippen molar-refractivity contribution < 1.29 is 14.3 Å². The Hall–Kier alpha value is -2.20. The molecule has 5 nitrogen and oxygen atoms in total. The van der Waals surface area contributed by atoms with E-state index in [0.717, 1.165) is 0 Å². The number of methoxy groups -OCH3 is 1.